The number of nitrogens with zero attached hydrogens (tertiary/aromatic N) is 1. The predicted octanol–water partition coefficient (Wildman–Crippen LogP) is 2.44. The lowest BCUT2D eigenvalue weighted by molar-refractivity contribution is -0.384. The van der Waals surface area contributed by atoms with Gasteiger partial charge < -0.3 is 5.32 Å². The number of nitro groups is 1. The zero-order valence-corrected chi connectivity index (χ0v) is 8.01. The molecule has 1 aliphatic rings. The lowest BCUT2D eigenvalue weighted by Gasteiger charge is -2.10. The van der Waals surface area contributed by atoms with Crippen molar-refractivity contribution in [1.82, 2.24) is 5.32 Å². The van der Waals surface area contributed by atoms with Gasteiger partial charge in [0.2, 0.25) is 0 Å². The van der Waals surface area contributed by atoms with Crippen molar-refractivity contribution in [2.75, 3.05) is 0 Å². The zero-order chi connectivity index (χ0) is 10.7. The van der Waals surface area contributed by atoms with Crippen LogP contribution in [-0.4, -0.2) is 4.92 Å². The lowest BCUT2D eigenvalue weighted by Crippen LogP contribution is -2.06. The minimum atomic E-state index is -0.386. The minimum absolute atomic E-state index is 0.116. The summed E-state index contributed by atoms with van der Waals surface area (Å²) in [5.74, 6) is 0. The Morgan fingerprint density at radius 3 is 2.93 bits per heavy atom. The van der Waals surface area contributed by atoms with Crippen LogP contribution >= 0.6 is 0 Å². The Balaban J connectivity index is 2.32. The maximum Gasteiger partial charge on any atom is 0.270 e. The molecular formula is C11H10N2O2. The average Bonchev–Trinajstić information content (AvgIpc) is 2.30. The van der Waals surface area contributed by atoms with Gasteiger partial charge in [-0.1, -0.05) is 24.3 Å². The zero-order valence-electron chi connectivity index (χ0n) is 8.01. The molecule has 0 aliphatic carbocycles. The topological polar surface area (TPSA) is 55.2 Å². The van der Waals surface area contributed by atoms with Gasteiger partial charge in [-0.25, -0.2) is 0 Å². The third-order valence-electron chi connectivity index (χ3n) is 2.18. The fraction of sp³-hybridized carbons (Fsp3) is 0.0909. The molecule has 0 bridgehead atoms. The van der Waals surface area contributed by atoms with Crippen LogP contribution in [0.4, 0.5) is 5.69 Å². The molecule has 4 heteroatoms. The van der Waals surface area contributed by atoms with Crippen molar-refractivity contribution < 1.29 is 4.92 Å². The molecule has 1 aromatic carbocycles. The lowest BCUT2D eigenvalue weighted by atomic mass is 10.1. The second-order valence-corrected chi connectivity index (χ2v) is 3.21. The number of non-ortho nitro benzene ring substituents is 1. The van der Waals surface area contributed by atoms with Crippen LogP contribution in [-0.2, 0) is 0 Å². The van der Waals surface area contributed by atoms with Gasteiger partial charge in [0.1, 0.15) is 0 Å². The molecule has 15 heavy (non-hydrogen) atoms. The first kappa shape index (κ1) is 9.45. The molecule has 0 unspecified atom stereocenters. The fourth-order valence-corrected chi connectivity index (χ4v) is 1.45. The highest BCUT2D eigenvalue weighted by atomic mass is 16.6. The van der Waals surface area contributed by atoms with E-state index in [2.05, 4.69) is 5.32 Å². The molecule has 0 saturated carbocycles. The second kappa shape index (κ2) is 3.96. The smallest absolute Gasteiger partial charge is 0.270 e. The van der Waals surface area contributed by atoms with E-state index in [1.165, 1.54) is 6.07 Å². The van der Waals surface area contributed by atoms with Gasteiger partial charge >= 0.3 is 0 Å². The van der Waals surface area contributed by atoms with Gasteiger partial charge in [0.15, 0.2) is 0 Å². The summed E-state index contributed by atoms with van der Waals surface area (Å²) in [6, 6.07) is 6.60. The van der Waals surface area contributed by atoms with Crippen molar-refractivity contribution >= 4 is 11.4 Å². The van der Waals surface area contributed by atoms with E-state index in [9.17, 15) is 10.1 Å². The van der Waals surface area contributed by atoms with E-state index in [0.29, 0.717) is 0 Å². The summed E-state index contributed by atoms with van der Waals surface area (Å²) in [5.41, 5.74) is 1.87. The normalized spacial score (nSPS) is 14.3. The molecule has 76 valence electrons. The maximum atomic E-state index is 10.6. The fourth-order valence-electron chi connectivity index (χ4n) is 1.45. The van der Waals surface area contributed by atoms with Crippen LogP contribution in [0.2, 0.25) is 0 Å². The second-order valence-electron chi connectivity index (χ2n) is 3.21. The van der Waals surface area contributed by atoms with Crippen molar-refractivity contribution in [3.8, 4) is 0 Å². The maximum absolute atomic E-state index is 10.6. The predicted molar refractivity (Wildman–Crippen MR) is 58.0 cm³/mol. The molecule has 0 amide bonds. The number of benzene rings is 1. The molecule has 1 aromatic rings. The van der Waals surface area contributed by atoms with Gasteiger partial charge in [0.05, 0.1) is 4.92 Å². The molecule has 0 aromatic heterocycles. The van der Waals surface area contributed by atoms with Gasteiger partial charge in [0, 0.05) is 23.4 Å². The number of dihydropyridines is 1. The van der Waals surface area contributed by atoms with Crippen LogP contribution < -0.4 is 5.32 Å². The molecule has 0 spiro atoms. The first-order valence-corrected chi connectivity index (χ1v) is 4.64. The van der Waals surface area contributed by atoms with Gasteiger partial charge in [-0.2, -0.15) is 0 Å². The average molecular weight is 202 g/mol. The van der Waals surface area contributed by atoms with Crippen LogP contribution in [0.3, 0.4) is 0 Å². The summed E-state index contributed by atoms with van der Waals surface area (Å²) in [6.45, 7) is 0. The Hall–Kier alpha value is -2.10. The molecular weight excluding hydrogens is 192 g/mol. The Morgan fingerprint density at radius 1 is 1.40 bits per heavy atom. The largest absolute Gasteiger partial charge is 0.362 e. The summed E-state index contributed by atoms with van der Waals surface area (Å²) >= 11 is 0. The molecule has 0 atom stereocenters. The Kier molecular flexibility index (Phi) is 2.49. The molecule has 4 nitrogen and oxygen atoms in total. The summed E-state index contributed by atoms with van der Waals surface area (Å²) in [6.07, 6.45) is 6.68. The monoisotopic (exact) mass is 202 g/mol. The highest BCUT2D eigenvalue weighted by molar-refractivity contribution is 5.67. The van der Waals surface area contributed by atoms with Crippen LogP contribution in [0.5, 0.6) is 0 Å². The van der Waals surface area contributed by atoms with E-state index < -0.39 is 0 Å². The highest BCUT2D eigenvalue weighted by Crippen LogP contribution is 2.20. The van der Waals surface area contributed by atoms with Gasteiger partial charge in [-0.3, -0.25) is 10.1 Å². The van der Waals surface area contributed by atoms with Crippen LogP contribution in [0.1, 0.15) is 12.0 Å². The number of allylic oxidation sites excluding steroid dienone is 2. The standard InChI is InChI=1S/C11H10N2O2/c14-13(15)10-5-3-4-9(8-10)11-6-1-2-7-12-11/h2-8,12H,1H2. The molecule has 1 aliphatic heterocycles. The molecule has 2 rings (SSSR count). The third-order valence-corrected chi connectivity index (χ3v) is 2.18. The van der Waals surface area contributed by atoms with Crippen molar-refractivity contribution in [3.63, 3.8) is 0 Å². The van der Waals surface area contributed by atoms with E-state index in [-0.39, 0.29) is 10.6 Å². The Morgan fingerprint density at radius 2 is 2.27 bits per heavy atom. The first-order chi connectivity index (χ1) is 7.27. The van der Waals surface area contributed by atoms with E-state index in [0.717, 1.165) is 17.7 Å². The first-order valence-electron chi connectivity index (χ1n) is 4.64. The van der Waals surface area contributed by atoms with E-state index in [4.69, 9.17) is 0 Å². The SMILES string of the molecule is O=[N+]([O-])c1cccc(C2=CCC=CN2)c1. The van der Waals surface area contributed by atoms with E-state index in [1.54, 1.807) is 12.1 Å². The molecule has 0 radical (unpaired) electrons. The van der Waals surface area contributed by atoms with Crippen molar-refractivity contribution in [1.29, 1.82) is 0 Å². The summed E-state index contributed by atoms with van der Waals surface area (Å²) in [7, 11) is 0. The quantitative estimate of drug-likeness (QED) is 0.592. The van der Waals surface area contributed by atoms with Crippen molar-refractivity contribution in [2.24, 2.45) is 0 Å². The number of nitrogens with one attached hydrogen (secondary N) is 1. The van der Waals surface area contributed by atoms with E-state index in [1.807, 2.05) is 24.4 Å². The molecule has 1 N–H and O–H groups in total. The van der Waals surface area contributed by atoms with Crippen molar-refractivity contribution in [3.05, 3.63) is 58.3 Å². The van der Waals surface area contributed by atoms with Crippen LogP contribution in [0.15, 0.2) is 42.6 Å². The molecule has 0 fully saturated rings. The summed E-state index contributed by atoms with van der Waals surface area (Å²) in [5, 5.41) is 13.6. The van der Waals surface area contributed by atoms with Gasteiger partial charge in [-0.15, -0.1) is 0 Å². The number of hydrogen-bond donors (Lipinski definition) is 1. The summed E-state index contributed by atoms with van der Waals surface area (Å²) < 4.78 is 0. The van der Waals surface area contributed by atoms with E-state index >= 15 is 0 Å². The third kappa shape index (κ3) is 2.04. The molecule has 0 saturated heterocycles. The Labute approximate surface area is 87.1 Å². The van der Waals surface area contributed by atoms with Crippen molar-refractivity contribution in [2.45, 2.75) is 6.42 Å². The van der Waals surface area contributed by atoms with Crippen LogP contribution in [0, 0.1) is 10.1 Å². The van der Waals surface area contributed by atoms with Gasteiger partial charge in [-0.05, 0) is 12.6 Å². The Bertz CT molecular complexity index is 450. The number of rotatable bonds is 2. The molecule has 1 heterocycles. The highest BCUT2D eigenvalue weighted by Gasteiger charge is 2.08. The van der Waals surface area contributed by atoms with Crippen LogP contribution in [0.25, 0.3) is 5.70 Å². The van der Waals surface area contributed by atoms with Gasteiger partial charge in [0.25, 0.3) is 5.69 Å². The number of nitro benzene ring substituents is 1. The number of hydrogen-bond acceptors (Lipinski definition) is 3. The minimum Gasteiger partial charge on any atom is -0.362 e. The summed E-state index contributed by atoms with van der Waals surface area (Å²) in [4.78, 5) is 10.2.